The van der Waals surface area contributed by atoms with E-state index in [1.807, 2.05) is 0 Å². The molecule has 15 nitrogen and oxygen atoms in total. The molecule has 3 fully saturated rings. The average molecular weight is 679 g/mol. The topological polar surface area (TPSA) is 205 Å². The predicted octanol–water partition coefficient (Wildman–Crippen LogP) is 2.74. The van der Waals surface area contributed by atoms with Gasteiger partial charge in [-0.1, -0.05) is 24.4 Å². The maximum atomic E-state index is 13.5. The maximum absolute atomic E-state index is 13.5. The largest absolute Gasteiger partial charge is 0.436 e. The van der Waals surface area contributed by atoms with Crippen LogP contribution in [0.15, 0.2) is 30.6 Å². The normalized spacial score (nSPS) is 26.7. The van der Waals surface area contributed by atoms with Crippen molar-refractivity contribution in [2.45, 2.75) is 87.5 Å². The van der Waals surface area contributed by atoms with Gasteiger partial charge in [0.15, 0.2) is 29.0 Å². The number of halogens is 1. The number of hydrogen-bond acceptors (Lipinski definition) is 14. The molecule has 5 atom stereocenters. The zero-order valence-electron chi connectivity index (χ0n) is 25.7. The van der Waals surface area contributed by atoms with Gasteiger partial charge < -0.3 is 34.5 Å². The number of rotatable bonds is 13. The van der Waals surface area contributed by atoms with Gasteiger partial charge in [-0.15, -0.1) is 0 Å². The highest BCUT2D eigenvalue weighted by Crippen LogP contribution is 2.46. The van der Waals surface area contributed by atoms with E-state index >= 15 is 0 Å². The first-order valence-corrected chi connectivity index (χ1v) is 16.9. The number of ketones is 1. The molecule has 3 aliphatic rings. The number of imidazole rings is 1. The number of nitrogens with one attached hydrogen (secondary N) is 1. The Morgan fingerprint density at radius 2 is 1.96 bits per heavy atom. The Morgan fingerprint density at radius 1 is 1.24 bits per heavy atom. The number of benzene rings is 1. The van der Waals surface area contributed by atoms with Gasteiger partial charge in [0.1, 0.15) is 30.2 Å². The first-order chi connectivity index (χ1) is 22.0. The molecule has 3 aromatic rings. The standard InChI is InChI=1S/C29H40ClN8O7P/c1-28(41)23(40)20(44-26(28)38-16-33-22-24(37(2)32)34-27(31)35-25(22)38)14-43-46(45-19-10-8-17(30)9-11-19)36-29(12-5-13-29)21(39)15-42-18-6-3-4-7-18/h8-11,16,18,20,23,26,36,40-41H,3-7,12-15,32H2,1-2H3,(H2,31,34,35)/t20?,23-,26?,28-,46?/m1/s1. The monoisotopic (exact) mass is 678 g/mol. The summed E-state index contributed by atoms with van der Waals surface area (Å²) < 4.78 is 26.0. The number of carbonyl (C=O) groups is 1. The summed E-state index contributed by atoms with van der Waals surface area (Å²) in [7, 11) is -0.345. The second-order valence-corrected chi connectivity index (χ2v) is 13.9. The van der Waals surface area contributed by atoms with E-state index < -0.39 is 38.1 Å². The van der Waals surface area contributed by atoms with E-state index in [2.05, 4.69) is 20.0 Å². The Kier molecular flexibility index (Phi) is 9.68. The molecule has 0 radical (unpaired) electrons. The van der Waals surface area contributed by atoms with Crippen molar-refractivity contribution >= 4 is 48.8 Å². The van der Waals surface area contributed by atoms with Gasteiger partial charge in [-0.05, 0) is 63.3 Å². The first-order valence-electron chi connectivity index (χ1n) is 15.3. The van der Waals surface area contributed by atoms with Crippen LogP contribution in [-0.2, 0) is 18.8 Å². The molecular weight excluding hydrogens is 639 g/mol. The molecule has 6 rings (SSSR count). The molecule has 2 aromatic heterocycles. The lowest BCUT2D eigenvalue weighted by Gasteiger charge is -2.42. The molecule has 2 aliphatic carbocycles. The Hall–Kier alpha value is -2.72. The Balaban J connectivity index is 1.19. The average Bonchev–Trinajstić information content (AvgIpc) is 3.72. The number of Topliss-reactive ketones (excluding diaryl/α,β-unsaturated/α-hetero) is 1. The minimum atomic E-state index is -1.93. The number of aromatic nitrogens is 4. The van der Waals surface area contributed by atoms with Crippen LogP contribution in [0, 0.1) is 0 Å². The lowest BCUT2D eigenvalue weighted by molar-refractivity contribution is -0.134. The summed E-state index contributed by atoms with van der Waals surface area (Å²) in [6, 6.07) is 6.78. The number of nitrogen functional groups attached to an aromatic ring is 1. The highest BCUT2D eigenvalue weighted by molar-refractivity contribution is 7.45. The Morgan fingerprint density at radius 3 is 2.61 bits per heavy atom. The van der Waals surface area contributed by atoms with E-state index in [0.717, 1.165) is 32.1 Å². The lowest BCUT2D eigenvalue weighted by Crippen LogP contribution is -2.57. The number of ether oxygens (including phenoxy) is 2. The van der Waals surface area contributed by atoms with Crippen LogP contribution in [0.2, 0.25) is 5.02 Å². The number of fused-ring (bicyclic) bond motifs is 1. The molecule has 3 heterocycles. The van der Waals surface area contributed by atoms with Crippen molar-refractivity contribution in [1.82, 2.24) is 24.6 Å². The molecule has 1 aliphatic heterocycles. The number of nitrogens with zero attached hydrogens (tertiary/aromatic N) is 5. The molecule has 3 unspecified atom stereocenters. The Labute approximate surface area is 272 Å². The van der Waals surface area contributed by atoms with Crippen LogP contribution in [0.4, 0.5) is 11.8 Å². The molecule has 1 aromatic carbocycles. The highest BCUT2D eigenvalue weighted by Gasteiger charge is 2.54. The van der Waals surface area contributed by atoms with Gasteiger partial charge in [-0.3, -0.25) is 14.4 Å². The van der Waals surface area contributed by atoms with Crippen molar-refractivity contribution in [3.63, 3.8) is 0 Å². The maximum Gasteiger partial charge on any atom is 0.319 e. The fourth-order valence-electron chi connectivity index (χ4n) is 6.07. The molecule has 1 saturated heterocycles. The second-order valence-electron chi connectivity index (χ2n) is 12.3. The molecule has 2 saturated carbocycles. The Bertz CT molecular complexity index is 1530. The van der Waals surface area contributed by atoms with Crippen LogP contribution in [0.25, 0.3) is 11.2 Å². The zero-order valence-corrected chi connectivity index (χ0v) is 27.4. The van der Waals surface area contributed by atoms with Crippen LogP contribution in [-0.4, -0.2) is 85.2 Å². The minimum Gasteiger partial charge on any atom is -0.436 e. The van der Waals surface area contributed by atoms with Crippen LogP contribution in [0.3, 0.4) is 0 Å². The summed E-state index contributed by atoms with van der Waals surface area (Å²) in [5.74, 6) is 6.58. The summed E-state index contributed by atoms with van der Waals surface area (Å²) in [6.07, 6.45) is 4.32. The summed E-state index contributed by atoms with van der Waals surface area (Å²) in [5.41, 5.74) is 3.88. The zero-order chi connectivity index (χ0) is 32.6. The van der Waals surface area contributed by atoms with E-state index in [1.54, 1.807) is 31.3 Å². The third-order valence-corrected chi connectivity index (χ3v) is 10.5. The van der Waals surface area contributed by atoms with Gasteiger partial charge in [0.25, 0.3) is 0 Å². The quantitative estimate of drug-likeness (QED) is 0.100. The fraction of sp³-hybridized carbons (Fsp3) is 0.586. The molecule has 17 heteroatoms. The molecule has 250 valence electrons. The van der Waals surface area contributed by atoms with Gasteiger partial charge in [0, 0.05) is 12.1 Å². The van der Waals surface area contributed by atoms with Crippen molar-refractivity contribution < 1.29 is 33.5 Å². The van der Waals surface area contributed by atoms with Gasteiger partial charge >= 0.3 is 8.53 Å². The van der Waals surface area contributed by atoms with Crippen molar-refractivity contribution in [2.75, 3.05) is 31.0 Å². The number of anilines is 2. The van der Waals surface area contributed by atoms with E-state index in [-0.39, 0.29) is 42.5 Å². The van der Waals surface area contributed by atoms with Crippen molar-refractivity contribution in [3.8, 4) is 5.75 Å². The third-order valence-electron chi connectivity index (χ3n) is 8.92. The minimum absolute atomic E-state index is 0.0192. The fourth-order valence-corrected chi connectivity index (χ4v) is 7.65. The van der Waals surface area contributed by atoms with E-state index in [1.165, 1.54) is 22.8 Å². The van der Waals surface area contributed by atoms with Crippen LogP contribution in [0.5, 0.6) is 5.75 Å². The van der Waals surface area contributed by atoms with Crippen molar-refractivity contribution in [3.05, 3.63) is 35.6 Å². The van der Waals surface area contributed by atoms with Gasteiger partial charge in [0.2, 0.25) is 5.95 Å². The number of hydrogen-bond donors (Lipinski definition) is 5. The van der Waals surface area contributed by atoms with Crippen LogP contribution >= 0.6 is 20.1 Å². The summed E-state index contributed by atoms with van der Waals surface area (Å²) in [4.78, 5) is 26.2. The molecule has 46 heavy (non-hydrogen) atoms. The molecular formula is C29H40ClN8O7P. The number of aliphatic hydroxyl groups excluding tert-OH is 1. The molecule has 0 bridgehead atoms. The smallest absolute Gasteiger partial charge is 0.319 e. The molecule has 0 amide bonds. The lowest BCUT2D eigenvalue weighted by atomic mass is 9.75. The summed E-state index contributed by atoms with van der Waals surface area (Å²) >= 11 is 6.08. The van der Waals surface area contributed by atoms with Crippen molar-refractivity contribution in [1.29, 1.82) is 0 Å². The highest BCUT2D eigenvalue weighted by atomic mass is 35.5. The van der Waals surface area contributed by atoms with Gasteiger partial charge in [-0.2, -0.15) is 9.97 Å². The van der Waals surface area contributed by atoms with E-state index in [9.17, 15) is 15.0 Å². The van der Waals surface area contributed by atoms with Gasteiger partial charge in [0.05, 0.1) is 24.6 Å². The second kappa shape index (κ2) is 13.4. The van der Waals surface area contributed by atoms with E-state index in [0.29, 0.717) is 29.1 Å². The molecule has 0 spiro atoms. The van der Waals surface area contributed by atoms with Crippen LogP contribution in [0.1, 0.15) is 58.1 Å². The number of carbonyl (C=O) groups excluding carboxylic acids is 1. The van der Waals surface area contributed by atoms with Crippen LogP contribution < -0.4 is 26.2 Å². The summed E-state index contributed by atoms with van der Waals surface area (Å²) in [5, 5.41) is 27.8. The number of nitrogens with two attached hydrogens (primary N) is 2. The molecule has 7 N–H and O–H groups in total. The predicted molar refractivity (Wildman–Crippen MR) is 171 cm³/mol. The third kappa shape index (κ3) is 6.66. The first kappa shape index (κ1) is 33.2. The van der Waals surface area contributed by atoms with E-state index in [4.69, 9.17) is 41.7 Å². The SMILES string of the molecule is CN(N)c1nc(N)nc2c1ncn2C1OC(COP(NC2(C(=O)COC3CCCC3)CCC2)Oc2ccc(Cl)cc2)[C@@H](O)[C@@]1(C)O. The summed E-state index contributed by atoms with van der Waals surface area (Å²) in [6.45, 7) is 1.29. The van der Waals surface area contributed by atoms with Crippen molar-refractivity contribution in [2.24, 2.45) is 5.84 Å². The number of aliphatic hydroxyl groups is 2. The number of hydrazine groups is 1. The van der Waals surface area contributed by atoms with Gasteiger partial charge in [-0.25, -0.2) is 15.9 Å².